The molecule has 0 bridgehead atoms. The Balaban J connectivity index is 1.43. The van der Waals surface area contributed by atoms with Crippen LogP contribution in [0.15, 0.2) is 89.3 Å². The Hall–Kier alpha value is -3.91. The van der Waals surface area contributed by atoms with E-state index in [1.807, 2.05) is 84.9 Å². The van der Waals surface area contributed by atoms with Gasteiger partial charge in [0.1, 0.15) is 12.4 Å². The molecule has 0 saturated heterocycles. The van der Waals surface area contributed by atoms with Crippen LogP contribution in [0.4, 0.5) is 13.2 Å². The molecule has 0 saturated carbocycles. The number of fused-ring (bicyclic) bond motifs is 1. The summed E-state index contributed by atoms with van der Waals surface area (Å²) in [6, 6.07) is 26.0. The van der Waals surface area contributed by atoms with Crippen LogP contribution in [0.2, 0.25) is 0 Å². The Labute approximate surface area is 206 Å². The van der Waals surface area contributed by atoms with Crippen molar-refractivity contribution in [3.8, 4) is 22.6 Å². The van der Waals surface area contributed by atoms with Gasteiger partial charge in [0, 0.05) is 11.1 Å². The summed E-state index contributed by atoms with van der Waals surface area (Å²) in [4.78, 5) is 17.4. The molecule has 0 N–H and O–H groups in total. The van der Waals surface area contributed by atoms with Crippen LogP contribution in [0, 0.1) is 0 Å². The van der Waals surface area contributed by atoms with E-state index in [-0.39, 0.29) is 12.0 Å². The fourth-order valence-electron chi connectivity index (χ4n) is 4.40. The van der Waals surface area contributed by atoms with Gasteiger partial charge in [0.2, 0.25) is 5.89 Å². The highest BCUT2D eigenvalue weighted by Crippen LogP contribution is 2.35. The fourth-order valence-corrected chi connectivity index (χ4v) is 4.40. The molecule has 5 nitrogen and oxygen atoms in total. The predicted molar refractivity (Wildman–Crippen MR) is 127 cm³/mol. The molecule has 1 aromatic heterocycles. The first kappa shape index (κ1) is 23.8. The van der Waals surface area contributed by atoms with Gasteiger partial charge in [-0.3, -0.25) is 4.79 Å². The highest BCUT2D eigenvalue weighted by Gasteiger charge is 2.43. The molecule has 8 heteroatoms. The Bertz CT molecular complexity index is 1280. The van der Waals surface area contributed by atoms with E-state index in [1.54, 1.807) is 0 Å². The van der Waals surface area contributed by atoms with Crippen LogP contribution in [-0.4, -0.2) is 28.7 Å². The summed E-state index contributed by atoms with van der Waals surface area (Å²) in [7, 11) is 0. The average Bonchev–Trinajstić information content (AvgIpc) is 3.51. The molecule has 0 aliphatic heterocycles. The molecule has 184 valence electrons. The summed E-state index contributed by atoms with van der Waals surface area (Å²) in [5.74, 6) is -1.60. The van der Waals surface area contributed by atoms with Crippen molar-refractivity contribution in [2.45, 2.75) is 31.7 Å². The molecule has 1 aliphatic carbocycles. The summed E-state index contributed by atoms with van der Waals surface area (Å²) < 4.78 is 52.1. The molecule has 0 spiro atoms. The third kappa shape index (κ3) is 5.04. The van der Waals surface area contributed by atoms with E-state index in [0.29, 0.717) is 22.8 Å². The largest absolute Gasteiger partial charge is 0.471 e. The van der Waals surface area contributed by atoms with Gasteiger partial charge in [-0.25, -0.2) is 4.98 Å². The molecule has 1 atom stereocenters. The molecule has 0 radical (unpaired) electrons. The Kier molecular flexibility index (Phi) is 6.61. The summed E-state index contributed by atoms with van der Waals surface area (Å²) >= 11 is 0. The van der Waals surface area contributed by atoms with Crippen molar-refractivity contribution >= 4 is 5.91 Å². The number of amides is 1. The number of ether oxygens (including phenoxy) is 1. The standard InChI is InChI=1S/C28H23F3N2O3/c29-28(30,31)27(34)33(18-35-23-16-15-19-9-7-8-14-22(19)23)17-24-32-25(20-10-3-1-4-11-20)26(36-24)21-12-5-2-6-13-21/h1-14,23H,15-18H2. The number of nitrogens with zero attached hydrogens (tertiary/aromatic N) is 2. The van der Waals surface area contributed by atoms with E-state index in [4.69, 9.17) is 9.15 Å². The fraction of sp³-hybridized carbons (Fsp3) is 0.214. The zero-order valence-electron chi connectivity index (χ0n) is 19.2. The molecule has 4 aromatic rings. The van der Waals surface area contributed by atoms with E-state index < -0.39 is 25.4 Å². The van der Waals surface area contributed by atoms with Gasteiger partial charge in [0.15, 0.2) is 5.76 Å². The van der Waals surface area contributed by atoms with E-state index in [0.717, 1.165) is 28.7 Å². The van der Waals surface area contributed by atoms with Gasteiger partial charge in [0.25, 0.3) is 0 Å². The lowest BCUT2D eigenvalue weighted by Gasteiger charge is -2.24. The van der Waals surface area contributed by atoms with Crippen LogP contribution >= 0.6 is 0 Å². The molecular weight excluding hydrogens is 469 g/mol. The summed E-state index contributed by atoms with van der Waals surface area (Å²) in [5.41, 5.74) is 4.00. The lowest BCUT2D eigenvalue weighted by atomic mass is 10.1. The minimum atomic E-state index is -5.06. The number of alkyl halides is 3. The third-order valence-corrected chi connectivity index (χ3v) is 6.12. The van der Waals surface area contributed by atoms with Crippen LogP contribution < -0.4 is 0 Å². The second-order valence-corrected chi connectivity index (χ2v) is 8.54. The number of oxazole rings is 1. The first-order chi connectivity index (χ1) is 17.4. The molecule has 0 fully saturated rings. The molecule has 1 unspecified atom stereocenters. The lowest BCUT2D eigenvalue weighted by molar-refractivity contribution is -0.193. The van der Waals surface area contributed by atoms with E-state index in [2.05, 4.69) is 4.98 Å². The van der Waals surface area contributed by atoms with E-state index >= 15 is 0 Å². The minimum Gasteiger partial charge on any atom is -0.438 e. The second-order valence-electron chi connectivity index (χ2n) is 8.54. The summed E-state index contributed by atoms with van der Waals surface area (Å²) in [6.45, 7) is -1.03. The van der Waals surface area contributed by atoms with Crippen molar-refractivity contribution in [2.75, 3.05) is 6.73 Å². The summed E-state index contributed by atoms with van der Waals surface area (Å²) in [5, 5.41) is 0. The summed E-state index contributed by atoms with van der Waals surface area (Å²) in [6.07, 6.45) is -4.03. The molecule has 1 aliphatic rings. The molecular formula is C28H23F3N2O3. The molecule has 3 aromatic carbocycles. The second kappa shape index (κ2) is 9.99. The van der Waals surface area contributed by atoms with Gasteiger partial charge in [0.05, 0.1) is 12.6 Å². The topological polar surface area (TPSA) is 55.6 Å². The lowest BCUT2D eigenvalue weighted by Crippen LogP contribution is -2.42. The van der Waals surface area contributed by atoms with Crippen molar-refractivity contribution in [3.63, 3.8) is 0 Å². The van der Waals surface area contributed by atoms with Gasteiger partial charge in [-0.15, -0.1) is 0 Å². The number of rotatable bonds is 7. The smallest absolute Gasteiger partial charge is 0.438 e. The monoisotopic (exact) mass is 492 g/mol. The first-order valence-corrected chi connectivity index (χ1v) is 11.6. The van der Waals surface area contributed by atoms with Crippen LogP contribution in [-0.2, 0) is 22.5 Å². The number of carbonyl (C=O) groups is 1. The first-order valence-electron chi connectivity index (χ1n) is 11.6. The van der Waals surface area contributed by atoms with Gasteiger partial charge in [-0.2, -0.15) is 13.2 Å². The zero-order chi connectivity index (χ0) is 25.1. The maximum Gasteiger partial charge on any atom is 0.471 e. The highest BCUT2D eigenvalue weighted by molar-refractivity contribution is 5.82. The quantitative estimate of drug-likeness (QED) is 0.274. The Morgan fingerprint density at radius 2 is 1.58 bits per heavy atom. The van der Waals surface area contributed by atoms with Crippen molar-refractivity contribution < 1.29 is 27.1 Å². The van der Waals surface area contributed by atoms with Crippen molar-refractivity contribution in [3.05, 3.63) is 102 Å². The molecule has 36 heavy (non-hydrogen) atoms. The van der Waals surface area contributed by atoms with Crippen LogP contribution in [0.25, 0.3) is 22.6 Å². The minimum absolute atomic E-state index is 0.0132. The molecule has 1 heterocycles. The van der Waals surface area contributed by atoms with Gasteiger partial charge >= 0.3 is 12.1 Å². The van der Waals surface area contributed by atoms with Crippen LogP contribution in [0.5, 0.6) is 0 Å². The Morgan fingerprint density at radius 3 is 2.28 bits per heavy atom. The number of halogens is 3. The number of carbonyl (C=O) groups excluding carboxylic acids is 1. The number of aryl methyl sites for hydroxylation is 1. The predicted octanol–water partition coefficient (Wildman–Crippen LogP) is 6.56. The van der Waals surface area contributed by atoms with E-state index in [1.165, 1.54) is 0 Å². The van der Waals surface area contributed by atoms with Crippen LogP contribution in [0.1, 0.15) is 29.5 Å². The number of aromatic nitrogens is 1. The van der Waals surface area contributed by atoms with Gasteiger partial charge < -0.3 is 14.1 Å². The molecule has 5 rings (SSSR count). The van der Waals surface area contributed by atoms with Crippen molar-refractivity contribution in [1.82, 2.24) is 9.88 Å². The van der Waals surface area contributed by atoms with Gasteiger partial charge in [-0.1, -0.05) is 84.9 Å². The number of hydrogen-bond acceptors (Lipinski definition) is 4. The van der Waals surface area contributed by atoms with Crippen molar-refractivity contribution in [2.24, 2.45) is 0 Å². The maximum atomic E-state index is 13.5. The van der Waals surface area contributed by atoms with Gasteiger partial charge in [-0.05, 0) is 24.0 Å². The zero-order valence-corrected chi connectivity index (χ0v) is 19.2. The maximum absolute atomic E-state index is 13.5. The van der Waals surface area contributed by atoms with Crippen molar-refractivity contribution in [1.29, 1.82) is 0 Å². The average molecular weight is 492 g/mol. The number of hydrogen-bond donors (Lipinski definition) is 0. The Morgan fingerprint density at radius 1 is 0.944 bits per heavy atom. The van der Waals surface area contributed by atoms with Crippen LogP contribution in [0.3, 0.4) is 0 Å². The number of benzene rings is 3. The van der Waals surface area contributed by atoms with E-state index in [9.17, 15) is 18.0 Å². The highest BCUT2D eigenvalue weighted by atomic mass is 19.4. The SMILES string of the molecule is O=C(N(COC1CCc2ccccc21)Cc1nc(-c2ccccc2)c(-c2ccccc2)o1)C(F)(F)F. The normalized spacial score (nSPS) is 15.0. The molecule has 1 amide bonds. The third-order valence-electron chi connectivity index (χ3n) is 6.12.